The molecule has 0 amide bonds. The molecule has 0 saturated carbocycles. The van der Waals surface area contributed by atoms with Crippen molar-refractivity contribution in [3.05, 3.63) is 75.3 Å². The molecule has 2 saturated heterocycles. The molecule has 4 aromatic rings. The van der Waals surface area contributed by atoms with Crippen LogP contribution in [0.4, 0.5) is 5.69 Å². The van der Waals surface area contributed by atoms with E-state index in [1.807, 2.05) is 35.9 Å². The second-order valence-corrected chi connectivity index (χ2v) is 10.6. The second kappa shape index (κ2) is 10.8. The van der Waals surface area contributed by atoms with Gasteiger partial charge in [0.1, 0.15) is 11.8 Å². The number of anilines is 1. The lowest BCUT2D eigenvalue weighted by atomic mass is 10.00. The van der Waals surface area contributed by atoms with Crippen LogP contribution in [-0.4, -0.2) is 76.1 Å². The maximum absolute atomic E-state index is 13.7. The highest BCUT2D eigenvalue weighted by molar-refractivity contribution is 5.83. The molecule has 204 valence electrons. The minimum absolute atomic E-state index is 0.0791. The van der Waals surface area contributed by atoms with Gasteiger partial charge in [-0.05, 0) is 72.3 Å². The predicted molar refractivity (Wildman–Crippen MR) is 149 cm³/mol. The Labute approximate surface area is 227 Å². The largest absolute Gasteiger partial charge is 0.495 e. The fraction of sp³-hybridized carbons (Fsp3) is 0.448. The lowest BCUT2D eigenvalue weighted by Gasteiger charge is -2.40. The summed E-state index contributed by atoms with van der Waals surface area (Å²) >= 11 is 0. The fourth-order valence-electron chi connectivity index (χ4n) is 6.04. The van der Waals surface area contributed by atoms with Gasteiger partial charge in [-0.3, -0.25) is 9.69 Å². The predicted octanol–water partition coefficient (Wildman–Crippen LogP) is 3.23. The summed E-state index contributed by atoms with van der Waals surface area (Å²) in [5.41, 5.74) is 4.70. The Morgan fingerprint density at radius 2 is 1.95 bits per heavy atom. The van der Waals surface area contributed by atoms with E-state index in [0.717, 1.165) is 79.1 Å². The van der Waals surface area contributed by atoms with Gasteiger partial charge in [-0.25, -0.2) is 4.68 Å². The van der Waals surface area contributed by atoms with Gasteiger partial charge in [0.15, 0.2) is 5.82 Å². The van der Waals surface area contributed by atoms with Crippen molar-refractivity contribution in [2.75, 3.05) is 44.8 Å². The molecule has 2 aliphatic heterocycles. The third-order valence-electron chi connectivity index (χ3n) is 7.93. The number of nitrogens with zero attached hydrogens (tertiary/aromatic N) is 6. The number of methoxy groups -OCH3 is 1. The van der Waals surface area contributed by atoms with Gasteiger partial charge in [-0.2, -0.15) is 0 Å². The first-order chi connectivity index (χ1) is 19.0. The average molecular weight is 530 g/mol. The average Bonchev–Trinajstić information content (AvgIpc) is 3.63. The number of aromatic amines is 1. The lowest BCUT2D eigenvalue weighted by Crippen LogP contribution is -2.49. The molecule has 2 atom stereocenters. The summed E-state index contributed by atoms with van der Waals surface area (Å²) in [7, 11) is 1.70. The summed E-state index contributed by atoms with van der Waals surface area (Å²) in [6, 6.07) is 13.9. The van der Waals surface area contributed by atoms with Gasteiger partial charge in [0.05, 0.1) is 31.0 Å². The van der Waals surface area contributed by atoms with E-state index in [0.29, 0.717) is 17.9 Å². The number of fused-ring (bicyclic) bond motifs is 1. The lowest BCUT2D eigenvalue weighted by molar-refractivity contribution is 0.0906. The number of para-hydroxylation sites is 2. The number of piperazine rings is 1. The Morgan fingerprint density at radius 1 is 1.13 bits per heavy atom. The molecule has 2 aliphatic rings. The summed E-state index contributed by atoms with van der Waals surface area (Å²) < 4.78 is 13.3. The zero-order valence-corrected chi connectivity index (χ0v) is 22.8. The highest BCUT2D eigenvalue weighted by Gasteiger charge is 2.34. The maximum Gasteiger partial charge on any atom is 0.253 e. The number of rotatable bonds is 7. The second-order valence-electron chi connectivity index (χ2n) is 10.6. The number of benzene rings is 2. The van der Waals surface area contributed by atoms with E-state index in [4.69, 9.17) is 9.47 Å². The van der Waals surface area contributed by atoms with Crippen molar-refractivity contribution in [2.24, 2.45) is 0 Å². The SMILES string of the molecule is COc1ccccc1N1CCN([C@@H](c2cc3cc(C)cc(C)c3[nH]c2=O)c2nnnn2C[C@@H]2CCCO2)CC1. The van der Waals surface area contributed by atoms with Crippen LogP contribution < -0.4 is 15.2 Å². The van der Waals surface area contributed by atoms with Crippen molar-refractivity contribution in [3.8, 4) is 5.75 Å². The third-order valence-corrected chi connectivity index (χ3v) is 7.93. The maximum atomic E-state index is 13.7. The number of hydrogen-bond acceptors (Lipinski definition) is 8. The molecule has 2 fully saturated rings. The van der Waals surface area contributed by atoms with Crippen LogP contribution in [0.15, 0.2) is 47.3 Å². The first-order valence-corrected chi connectivity index (χ1v) is 13.7. The Balaban J connectivity index is 1.38. The van der Waals surface area contributed by atoms with Crippen LogP contribution in [0.25, 0.3) is 10.9 Å². The summed E-state index contributed by atoms with van der Waals surface area (Å²) in [5, 5.41) is 13.9. The topological polar surface area (TPSA) is 101 Å². The van der Waals surface area contributed by atoms with E-state index in [1.165, 1.54) is 0 Å². The Morgan fingerprint density at radius 3 is 2.72 bits per heavy atom. The highest BCUT2D eigenvalue weighted by Crippen LogP contribution is 2.32. The van der Waals surface area contributed by atoms with Crippen molar-refractivity contribution in [1.29, 1.82) is 0 Å². The van der Waals surface area contributed by atoms with Crippen LogP contribution in [0.1, 0.15) is 41.4 Å². The van der Waals surface area contributed by atoms with Crippen molar-refractivity contribution in [2.45, 2.75) is 45.4 Å². The number of tetrazole rings is 1. The first kappa shape index (κ1) is 25.5. The Hall–Kier alpha value is -3.76. The number of aromatic nitrogens is 5. The summed E-state index contributed by atoms with van der Waals surface area (Å²) in [6.07, 6.45) is 2.10. The quantitative estimate of drug-likeness (QED) is 0.390. The molecule has 1 N–H and O–H groups in total. The Bertz CT molecular complexity index is 1520. The molecule has 2 aromatic heterocycles. The summed E-state index contributed by atoms with van der Waals surface area (Å²) in [6.45, 7) is 8.49. The van der Waals surface area contributed by atoms with Crippen LogP contribution in [-0.2, 0) is 11.3 Å². The molecule has 39 heavy (non-hydrogen) atoms. The molecule has 10 heteroatoms. The van der Waals surface area contributed by atoms with Gasteiger partial charge >= 0.3 is 0 Å². The molecule has 0 bridgehead atoms. The van der Waals surface area contributed by atoms with Gasteiger partial charge in [-0.1, -0.05) is 23.8 Å². The van der Waals surface area contributed by atoms with Gasteiger partial charge in [0, 0.05) is 38.3 Å². The molecule has 0 aliphatic carbocycles. The normalized spacial score (nSPS) is 19.1. The fourth-order valence-corrected chi connectivity index (χ4v) is 6.04. The number of H-pyrrole nitrogens is 1. The molecule has 0 radical (unpaired) electrons. The number of aryl methyl sites for hydroxylation is 2. The van der Waals surface area contributed by atoms with E-state index < -0.39 is 6.04 Å². The molecule has 0 unspecified atom stereocenters. The molecule has 2 aromatic carbocycles. The smallest absolute Gasteiger partial charge is 0.253 e. The van der Waals surface area contributed by atoms with Crippen molar-refractivity contribution < 1.29 is 9.47 Å². The van der Waals surface area contributed by atoms with Gasteiger partial charge in [0.2, 0.25) is 0 Å². The van der Waals surface area contributed by atoms with Crippen LogP contribution >= 0.6 is 0 Å². The zero-order chi connectivity index (χ0) is 26.9. The monoisotopic (exact) mass is 529 g/mol. The molecule has 4 heterocycles. The van der Waals surface area contributed by atoms with Gasteiger partial charge < -0.3 is 19.4 Å². The van der Waals surface area contributed by atoms with Crippen molar-refractivity contribution in [3.63, 3.8) is 0 Å². The van der Waals surface area contributed by atoms with E-state index in [2.05, 4.69) is 55.4 Å². The first-order valence-electron chi connectivity index (χ1n) is 13.7. The van der Waals surface area contributed by atoms with E-state index in [-0.39, 0.29) is 11.7 Å². The molecular weight excluding hydrogens is 494 g/mol. The number of hydrogen-bond donors (Lipinski definition) is 1. The summed E-state index contributed by atoms with van der Waals surface area (Å²) in [4.78, 5) is 21.5. The van der Waals surface area contributed by atoms with E-state index in [9.17, 15) is 4.79 Å². The zero-order valence-electron chi connectivity index (χ0n) is 22.8. The third kappa shape index (κ3) is 5.02. The van der Waals surface area contributed by atoms with Crippen LogP contribution in [0.2, 0.25) is 0 Å². The molecule has 6 rings (SSSR count). The summed E-state index contributed by atoms with van der Waals surface area (Å²) in [5.74, 6) is 1.53. The minimum atomic E-state index is -0.393. The van der Waals surface area contributed by atoms with Crippen LogP contribution in [0.5, 0.6) is 5.75 Å². The molecule has 10 nitrogen and oxygen atoms in total. The van der Waals surface area contributed by atoms with Crippen molar-refractivity contribution >= 4 is 16.6 Å². The number of ether oxygens (including phenoxy) is 2. The van der Waals surface area contributed by atoms with Crippen LogP contribution in [0, 0.1) is 13.8 Å². The molecule has 0 spiro atoms. The Kier molecular flexibility index (Phi) is 7.05. The minimum Gasteiger partial charge on any atom is -0.495 e. The van der Waals surface area contributed by atoms with Gasteiger partial charge in [0.25, 0.3) is 5.56 Å². The van der Waals surface area contributed by atoms with Crippen molar-refractivity contribution in [1.82, 2.24) is 30.1 Å². The van der Waals surface area contributed by atoms with E-state index >= 15 is 0 Å². The number of pyridine rings is 1. The van der Waals surface area contributed by atoms with E-state index in [1.54, 1.807) is 7.11 Å². The van der Waals surface area contributed by atoms with Gasteiger partial charge in [-0.15, -0.1) is 5.10 Å². The standard InChI is InChI=1S/C29H35N7O3/c1-19-15-20(2)26-21(16-19)17-23(29(37)30-26)27(28-31-32-33-36(28)18-22-7-6-14-39-22)35-12-10-34(11-13-35)24-8-4-5-9-25(24)38-3/h4-5,8-9,15-17,22,27H,6-7,10-14,18H2,1-3H3,(H,30,37)/t22-,27-/m0/s1. The molecular formula is C29H35N7O3. The number of nitrogens with one attached hydrogen (secondary N) is 1. The highest BCUT2D eigenvalue weighted by atomic mass is 16.5. The van der Waals surface area contributed by atoms with Crippen LogP contribution in [0.3, 0.4) is 0 Å².